The first kappa shape index (κ1) is 18.3. The molecule has 0 unspecified atom stereocenters. The second kappa shape index (κ2) is 7.52. The van der Waals surface area contributed by atoms with Gasteiger partial charge < -0.3 is 15.0 Å². The average molecular weight is 405 g/mol. The number of halogens is 1. The quantitative estimate of drug-likeness (QED) is 0.831. The highest BCUT2D eigenvalue weighted by Crippen LogP contribution is 2.38. The number of hydrogen-bond acceptors (Lipinski definition) is 4. The topological polar surface area (TPSA) is 58.6 Å². The Morgan fingerprint density at radius 3 is 2.81 bits per heavy atom. The van der Waals surface area contributed by atoms with Crippen molar-refractivity contribution in [3.63, 3.8) is 0 Å². The van der Waals surface area contributed by atoms with E-state index in [1.165, 1.54) is 11.3 Å². The molecule has 27 heavy (non-hydrogen) atoms. The van der Waals surface area contributed by atoms with Crippen molar-refractivity contribution in [1.29, 1.82) is 0 Å². The molecule has 1 saturated carbocycles. The van der Waals surface area contributed by atoms with Crippen LogP contribution in [-0.2, 0) is 11.2 Å². The van der Waals surface area contributed by atoms with E-state index in [2.05, 4.69) is 5.32 Å². The van der Waals surface area contributed by atoms with Crippen LogP contribution in [0.2, 0.25) is 5.02 Å². The number of rotatable bonds is 5. The number of amides is 2. The first-order chi connectivity index (χ1) is 13.0. The first-order valence-corrected chi connectivity index (χ1v) is 10.3. The van der Waals surface area contributed by atoms with Crippen LogP contribution in [0.15, 0.2) is 35.7 Å². The van der Waals surface area contributed by atoms with Crippen molar-refractivity contribution in [3.05, 3.63) is 51.2 Å². The van der Waals surface area contributed by atoms with Crippen molar-refractivity contribution in [1.82, 2.24) is 10.2 Å². The molecule has 2 fully saturated rings. The lowest BCUT2D eigenvalue weighted by Crippen LogP contribution is -2.48. The number of piperidine rings is 1. The maximum atomic E-state index is 12.8. The lowest BCUT2D eigenvalue weighted by Gasteiger charge is -2.32. The highest BCUT2D eigenvalue weighted by atomic mass is 35.5. The van der Waals surface area contributed by atoms with Gasteiger partial charge in [0.05, 0.1) is 23.4 Å². The van der Waals surface area contributed by atoms with Crippen molar-refractivity contribution >= 4 is 34.8 Å². The molecular weight excluding hydrogens is 384 g/mol. The lowest BCUT2D eigenvalue weighted by atomic mass is 10.0. The van der Waals surface area contributed by atoms with E-state index in [0.29, 0.717) is 29.7 Å². The van der Waals surface area contributed by atoms with Crippen LogP contribution >= 0.6 is 22.9 Å². The number of nitrogens with one attached hydrogen (secondary N) is 1. The summed E-state index contributed by atoms with van der Waals surface area (Å²) in [7, 11) is 1.57. The molecule has 2 bridgehead atoms. The molecule has 0 spiro atoms. The van der Waals surface area contributed by atoms with E-state index in [9.17, 15) is 9.59 Å². The molecule has 2 aliphatic rings. The minimum absolute atomic E-state index is 0.00620. The van der Waals surface area contributed by atoms with Crippen molar-refractivity contribution in [2.45, 2.75) is 31.3 Å². The molecule has 0 radical (unpaired) electrons. The largest absolute Gasteiger partial charge is 0.495 e. The van der Waals surface area contributed by atoms with Crippen LogP contribution in [0.1, 0.15) is 28.1 Å². The SMILES string of the molecule is COc1ccc(CC(=O)N2C[C@@H]3C[C@H]2C[C@@H]3NC(=O)c2cccs2)cc1Cl. The number of thiophene rings is 1. The molecule has 1 aromatic carbocycles. The number of likely N-dealkylation sites (tertiary alicyclic amines) is 1. The molecule has 4 rings (SSSR count). The molecule has 142 valence electrons. The Labute approximate surface area is 167 Å². The van der Waals surface area contributed by atoms with Gasteiger partial charge >= 0.3 is 0 Å². The van der Waals surface area contributed by atoms with E-state index < -0.39 is 0 Å². The van der Waals surface area contributed by atoms with Gasteiger partial charge in [-0.2, -0.15) is 0 Å². The number of carbonyl (C=O) groups is 2. The highest BCUT2D eigenvalue weighted by Gasteiger charge is 2.46. The van der Waals surface area contributed by atoms with E-state index in [0.717, 1.165) is 23.3 Å². The van der Waals surface area contributed by atoms with E-state index in [-0.39, 0.29) is 23.9 Å². The van der Waals surface area contributed by atoms with Gasteiger partial charge in [-0.1, -0.05) is 23.7 Å². The predicted octanol–water partition coefficient (Wildman–Crippen LogP) is 3.37. The first-order valence-electron chi connectivity index (χ1n) is 9.01. The minimum atomic E-state index is -0.00620. The molecule has 1 aromatic heterocycles. The number of benzene rings is 1. The zero-order valence-corrected chi connectivity index (χ0v) is 16.6. The second-order valence-electron chi connectivity index (χ2n) is 7.13. The molecule has 5 nitrogen and oxygen atoms in total. The van der Waals surface area contributed by atoms with Gasteiger partial charge in [-0.05, 0) is 47.9 Å². The van der Waals surface area contributed by atoms with Crippen molar-refractivity contribution in [2.75, 3.05) is 13.7 Å². The molecule has 1 aliphatic carbocycles. The Balaban J connectivity index is 1.34. The smallest absolute Gasteiger partial charge is 0.261 e. The number of ether oxygens (including phenoxy) is 1. The molecule has 1 saturated heterocycles. The lowest BCUT2D eigenvalue weighted by molar-refractivity contribution is -0.132. The fourth-order valence-corrected chi connectivity index (χ4v) is 5.09. The Bertz CT molecular complexity index is 855. The summed E-state index contributed by atoms with van der Waals surface area (Å²) in [6.07, 6.45) is 2.13. The van der Waals surface area contributed by atoms with Gasteiger partial charge in [-0.3, -0.25) is 9.59 Å². The van der Waals surface area contributed by atoms with E-state index in [4.69, 9.17) is 16.3 Å². The number of carbonyl (C=O) groups excluding carboxylic acids is 2. The molecular formula is C20H21ClN2O3S. The van der Waals surface area contributed by atoms with Gasteiger partial charge in [-0.25, -0.2) is 0 Å². The van der Waals surface area contributed by atoms with Gasteiger partial charge in [0.1, 0.15) is 5.75 Å². The summed E-state index contributed by atoms with van der Waals surface area (Å²) in [6.45, 7) is 0.711. The number of fused-ring (bicyclic) bond motifs is 2. The molecule has 2 heterocycles. The van der Waals surface area contributed by atoms with E-state index in [1.54, 1.807) is 19.2 Å². The standard InChI is InChI=1S/C20H21ClN2O3S/c1-26-17-5-4-12(7-15(17)21)8-19(24)23-11-13-9-14(23)10-16(13)22-20(25)18-3-2-6-27-18/h2-7,13-14,16H,8-11H2,1H3,(H,22,25)/t13-,14-,16-/m0/s1. The second-order valence-corrected chi connectivity index (χ2v) is 8.49. The summed E-state index contributed by atoms with van der Waals surface area (Å²) in [5, 5.41) is 5.56. The number of methoxy groups -OCH3 is 1. The summed E-state index contributed by atoms with van der Waals surface area (Å²) in [5.41, 5.74) is 0.885. The molecule has 7 heteroatoms. The van der Waals surface area contributed by atoms with Crippen LogP contribution in [0.3, 0.4) is 0 Å². The predicted molar refractivity (Wildman–Crippen MR) is 106 cm³/mol. The van der Waals surface area contributed by atoms with Crippen molar-refractivity contribution < 1.29 is 14.3 Å². The van der Waals surface area contributed by atoms with Gasteiger partial charge in [-0.15, -0.1) is 11.3 Å². The van der Waals surface area contributed by atoms with Crippen LogP contribution in [0.5, 0.6) is 5.75 Å². The Morgan fingerprint density at radius 2 is 2.19 bits per heavy atom. The van der Waals surface area contributed by atoms with Crippen LogP contribution in [0, 0.1) is 5.92 Å². The summed E-state index contributed by atoms with van der Waals surface area (Å²) in [4.78, 5) is 27.7. The van der Waals surface area contributed by atoms with Gasteiger partial charge in [0.2, 0.25) is 5.91 Å². The van der Waals surface area contributed by atoms with Crippen LogP contribution in [0.25, 0.3) is 0 Å². The molecule has 2 amide bonds. The van der Waals surface area contributed by atoms with Crippen molar-refractivity contribution in [2.24, 2.45) is 5.92 Å². The van der Waals surface area contributed by atoms with E-state index >= 15 is 0 Å². The fraction of sp³-hybridized carbons (Fsp3) is 0.400. The van der Waals surface area contributed by atoms with Crippen LogP contribution in [0.4, 0.5) is 0 Å². The monoisotopic (exact) mass is 404 g/mol. The summed E-state index contributed by atoms with van der Waals surface area (Å²) in [6, 6.07) is 9.54. The minimum Gasteiger partial charge on any atom is -0.495 e. The van der Waals surface area contributed by atoms with E-state index in [1.807, 2.05) is 28.5 Å². The van der Waals surface area contributed by atoms with Crippen molar-refractivity contribution in [3.8, 4) is 5.75 Å². The maximum Gasteiger partial charge on any atom is 0.261 e. The van der Waals surface area contributed by atoms with Gasteiger partial charge in [0.15, 0.2) is 0 Å². The van der Waals surface area contributed by atoms with Gasteiger partial charge in [0.25, 0.3) is 5.91 Å². The third-order valence-electron chi connectivity index (χ3n) is 5.50. The normalized spacial score (nSPS) is 23.5. The molecule has 1 aliphatic heterocycles. The summed E-state index contributed by atoms with van der Waals surface area (Å²) in [5.74, 6) is 1.06. The van der Waals surface area contributed by atoms with Gasteiger partial charge in [0, 0.05) is 18.6 Å². The Morgan fingerprint density at radius 1 is 1.33 bits per heavy atom. The number of nitrogens with zero attached hydrogens (tertiary/aromatic N) is 1. The molecule has 2 aromatic rings. The average Bonchev–Trinajstić information content (AvgIpc) is 3.38. The Kier molecular flexibility index (Phi) is 5.10. The third-order valence-corrected chi connectivity index (χ3v) is 6.66. The number of hydrogen-bond donors (Lipinski definition) is 1. The third kappa shape index (κ3) is 3.69. The summed E-state index contributed by atoms with van der Waals surface area (Å²) < 4.78 is 5.15. The fourth-order valence-electron chi connectivity index (χ4n) is 4.18. The Hall–Kier alpha value is -2.05. The highest BCUT2D eigenvalue weighted by molar-refractivity contribution is 7.12. The molecule has 1 N–H and O–H groups in total. The van der Waals surface area contributed by atoms with Crippen LogP contribution in [-0.4, -0.2) is 42.5 Å². The maximum absolute atomic E-state index is 12.8. The molecule has 3 atom stereocenters. The zero-order valence-electron chi connectivity index (χ0n) is 15.0. The summed E-state index contributed by atoms with van der Waals surface area (Å²) >= 11 is 7.60. The zero-order chi connectivity index (χ0) is 19.0. The van der Waals surface area contributed by atoms with Crippen LogP contribution < -0.4 is 10.1 Å².